The molecule has 1 amide bonds. The summed E-state index contributed by atoms with van der Waals surface area (Å²) in [4.78, 5) is 3.99. The van der Waals surface area contributed by atoms with Gasteiger partial charge in [-0.05, 0) is 24.3 Å². The molecule has 2 rings (SSSR count). The molecular weight excluding hydrogens is 539 g/mol. The summed E-state index contributed by atoms with van der Waals surface area (Å²) in [5, 5.41) is 0.786. The lowest BCUT2D eigenvalue weighted by Crippen LogP contribution is -2.88. The molecule has 1 aliphatic rings. The van der Waals surface area contributed by atoms with Crippen LogP contribution < -0.4 is 10.1 Å². The number of piperazine rings is 1. The van der Waals surface area contributed by atoms with E-state index >= 15 is 0 Å². The number of ether oxygens (including phenoxy) is 1. The van der Waals surface area contributed by atoms with Crippen LogP contribution in [0.15, 0.2) is 24.3 Å². The molecule has 5 nitrogen and oxygen atoms in total. The van der Waals surface area contributed by atoms with E-state index in [0.29, 0.717) is 12.1 Å². The maximum absolute atomic E-state index is 14.9. The van der Waals surface area contributed by atoms with Crippen molar-refractivity contribution in [2.24, 2.45) is 0 Å². The van der Waals surface area contributed by atoms with Gasteiger partial charge in [0.25, 0.3) is 5.91 Å². The molecule has 20 heteroatoms. The largest absolute Gasteiger partial charge is 0.497 e. The highest BCUT2D eigenvalue weighted by atomic mass is 19.4. The Bertz CT molecular complexity index is 932. The Balaban J connectivity index is 2.79. The van der Waals surface area contributed by atoms with Crippen molar-refractivity contribution in [3.8, 4) is 5.75 Å². The first-order valence-electron chi connectivity index (χ1n) is 8.31. The molecule has 35 heavy (non-hydrogen) atoms. The molecule has 1 fully saturated rings. The van der Waals surface area contributed by atoms with Crippen molar-refractivity contribution in [2.75, 3.05) is 12.4 Å². The van der Waals surface area contributed by atoms with Crippen molar-refractivity contribution in [2.45, 2.75) is 42.5 Å². The minimum atomic E-state index is -7.73. The fourth-order valence-corrected chi connectivity index (χ4v) is 2.84. The van der Waals surface area contributed by atoms with Gasteiger partial charge < -0.3 is 10.1 Å². The predicted octanol–water partition coefficient (Wildman–Crippen LogP) is 5.37. The Kier molecular flexibility index (Phi) is 6.48. The Morgan fingerprint density at radius 3 is 1.43 bits per heavy atom. The summed E-state index contributed by atoms with van der Waals surface area (Å²) in [5.41, 5.74) is -1.01. The SMILES string of the molecule is COc1ccc(NC(=O)C(F)(N2C(F)(F)C(F)(F)N(C(F)(F)F)C(F)(F)C2(F)F)C(F)(F)F)cc1. The van der Waals surface area contributed by atoms with E-state index in [2.05, 4.69) is 4.74 Å². The van der Waals surface area contributed by atoms with Crippen LogP contribution in [0.25, 0.3) is 0 Å². The first-order valence-corrected chi connectivity index (χ1v) is 8.31. The summed E-state index contributed by atoms with van der Waals surface area (Å²) >= 11 is 0. The Labute approximate surface area is 183 Å². The van der Waals surface area contributed by atoms with Crippen molar-refractivity contribution in [3.05, 3.63) is 24.3 Å². The molecule has 0 spiro atoms. The Morgan fingerprint density at radius 2 is 1.11 bits per heavy atom. The summed E-state index contributed by atoms with van der Waals surface area (Å²) in [6, 6.07) is -28.1. The molecule has 1 heterocycles. The molecule has 200 valence electrons. The smallest absolute Gasteiger partial charge is 0.469 e. The highest BCUT2D eigenvalue weighted by Gasteiger charge is 2.94. The van der Waals surface area contributed by atoms with E-state index in [4.69, 9.17) is 0 Å². The van der Waals surface area contributed by atoms with Gasteiger partial charge >= 0.3 is 42.5 Å². The van der Waals surface area contributed by atoms with Crippen LogP contribution in [0, 0.1) is 0 Å². The van der Waals surface area contributed by atoms with Gasteiger partial charge in [-0.25, -0.2) is 4.39 Å². The Hall–Kier alpha value is -2.64. The fourth-order valence-electron chi connectivity index (χ4n) is 2.84. The number of nitrogens with one attached hydrogen (secondary N) is 1. The average molecular weight is 547 g/mol. The number of hydrogen-bond acceptors (Lipinski definition) is 4. The van der Waals surface area contributed by atoms with Gasteiger partial charge in [-0.15, -0.1) is 4.90 Å². The van der Waals surface area contributed by atoms with Gasteiger partial charge in [-0.1, -0.05) is 4.90 Å². The van der Waals surface area contributed by atoms with Crippen molar-refractivity contribution in [3.63, 3.8) is 0 Å². The number of anilines is 1. The minimum Gasteiger partial charge on any atom is -0.497 e. The molecule has 1 atom stereocenters. The maximum atomic E-state index is 14.9. The van der Waals surface area contributed by atoms with Gasteiger partial charge in [0.1, 0.15) is 5.75 Å². The van der Waals surface area contributed by atoms with Gasteiger partial charge in [-0.2, -0.15) is 61.5 Å². The zero-order chi connectivity index (χ0) is 27.6. The standard InChI is InChI=1S/C15H8F15N3O2/c1-35-7-4-2-6(3-5-7)31-8(34)9(16,10(17,18)19)32-11(20,21)13(24,25)33(15(28,29)30)14(26,27)12(32,22)23/h2-5H,1H3,(H,31,34). The van der Waals surface area contributed by atoms with Gasteiger partial charge in [0.2, 0.25) is 0 Å². The molecule has 1 unspecified atom stereocenters. The first kappa shape index (κ1) is 28.6. The van der Waals surface area contributed by atoms with Gasteiger partial charge in [-0.3, -0.25) is 4.79 Å². The van der Waals surface area contributed by atoms with E-state index in [1.54, 1.807) is 0 Å². The lowest BCUT2D eigenvalue weighted by molar-refractivity contribution is -0.569. The molecule has 1 aromatic rings. The monoisotopic (exact) mass is 547 g/mol. The zero-order valence-electron chi connectivity index (χ0n) is 16.2. The van der Waals surface area contributed by atoms with E-state index in [1.165, 1.54) is 0 Å². The van der Waals surface area contributed by atoms with Gasteiger partial charge in [0.05, 0.1) is 7.11 Å². The molecule has 0 aliphatic carbocycles. The zero-order valence-corrected chi connectivity index (χ0v) is 16.2. The molecule has 1 saturated heterocycles. The third-order valence-corrected chi connectivity index (χ3v) is 4.43. The Morgan fingerprint density at radius 1 is 0.743 bits per heavy atom. The second-order valence-corrected chi connectivity index (χ2v) is 6.61. The third-order valence-electron chi connectivity index (χ3n) is 4.43. The number of carbonyl (C=O) groups excluding carboxylic acids is 1. The highest BCUT2D eigenvalue weighted by Crippen LogP contribution is 2.64. The molecule has 1 aliphatic heterocycles. The summed E-state index contributed by atoms with van der Waals surface area (Å²) in [6.45, 7) is 0. The van der Waals surface area contributed by atoms with Crippen LogP contribution in [0.2, 0.25) is 0 Å². The molecule has 0 saturated carbocycles. The highest BCUT2D eigenvalue weighted by molar-refractivity contribution is 5.97. The molecule has 1 N–H and O–H groups in total. The number of carbonyl (C=O) groups is 1. The van der Waals surface area contributed by atoms with Crippen LogP contribution >= 0.6 is 0 Å². The second kappa shape index (κ2) is 7.93. The lowest BCUT2D eigenvalue weighted by atomic mass is 10.0. The number of benzene rings is 1. The van der Waals surface area contributed by atoms with E-state index < -0.39 is 63.8 Å². The summed E-state index contributed by atoms with van der Waals surface area (Å²) in [7, 11) is 1.05. The third kappa shape index (κ3) is 3.99. The number of alkyl halides is 15. The van der Waals surface area contributed by atoms with Gasteiger partial charge in [0, 0.05) is 5.69 Å². The summed E-state index contributed by atoms with van der Waals surface area (Å²) in [5.74, 6) is -10.9. The normalized spacial score (nSPS) is 23.9. The van der Waals surface area contributed by atoms with Crippen LogP contribution in [-0.4, -0.2) is 65.3 Å². The summed E-state index contributed by atoms with van der Waals surface area (Å²) < 4.78 is 210. The van der Waals surface area contributed by atoms with Crippen LogP contribution in [-0.2, 0) is 4.79 Å². The number of halogens is 15. The van der Waals surface area contributed by atoms with E-state index in [9.17, 15) is 70.7 Å². The van der Waals surface area contributed by atoms with Crippen LogP contribution in [0.3, 0.4) is 0 Å². The van der Waals surface area contributed by atoms with Crippen molar-refractivity contribution >= 4 is 11.6 Å². The van der Waals surface area contributed by atoms with Crippen LogP contribution in [0.4, 0.5) is 71.5 Å². The molecule has 0 bridgehead atoms. The van der Waals surface area contributed by atoms with E-state index in [1.807, 2.05) is 0 Å². The molecule has 0 aromatic heterocycles. The van der Waals surface area contributed by atoms with E-state index in [0.717, 1.165) is 24.6 Å². The topological polar surface area (TPSA) is 44.8 Å². The second-order valence-electron chi connectivity index (χ2n) is 6.61. The molecular formula is C15H8F15N3O2. The van der Waals surface area contributed by atoms with Crippen LogP contribution in [0.1, 0.15) is 0 Å². The first-order chi connectivity index (χ1) is 15.4. The average Bonchev–Trinajstić information content (AvgIpc) is 2.64. The minimum absolute atomic E-state index is 0.0917. The quantitative estimate of drug-likeness (QED) is 0.407. The van der Waals surface area contributed by atoms with Crippen molar-refractivity contribution in [1.29, 1.82) is 0 Å². The van der Waals surface area contributed by atoms with Crippen molar-refractivity contribution in [1.82, 2.24) is 9.80 Å². The van der Waals surface area contributed by atoms with E-state index in [-0.39, 0.29) is 5.75 Å². The van der Waals surface area contributed by atoms with Crippen molar-refractivity contribution < 1.29 is 75.4 Å². The van der Waals surface area contributed by atoms with Crippen LogP contribution in [0.5, 0.6) is 5.75 Å². The number of hydrogen-bond donors (Lipinski definition) is 1. The number of methoxy groups -OCH3 is 1. The number of nitrogens with zero attached hydrogens (tertiary/aromatic N) is 2. The lowest BCUT2D eigenvalue weighted by Gasteiger charge is -2.55. The molecule has 0 radical (unpaired) electrons. The fraction of sp³-hybridized carbons (Fsp3) is 0.533. The van der Waals surface area contributed by atoms with Gasteiger partial charge in [0.15, 0.2) is 0 Å². The number of amides is 1. The number of rotatable bonds is 4. The summed E-state index contributed by atoms with van der Waals surface area (Å²) in [6.07, 6.45) is -14.8. The maximum Gasteiger partial charge on any atom is 0.469 e. The predicted molar refractivity (Wildman–Crippen MR) is 81.0 cm³/mol. The molecule has 1 aromatic carbocycles.